The summed E-state index contributed by atoms with van der Waals surface area (Å²) in [5, 5.41) is 0. The molecule has 3 nitrogen and oxygen atoms in total. The van der Waals surface area contributed by atoms with Crippen LogP contribution in [0.1, 0.15) is 52.4 Å². The van der Waals surface area contributed by atoms with E-state index in [0.717, 1.165) is 18.8 Å². The standard InChI is InChI=1S/C10H23O3P.C6H6/c1-10(2)8-6-4-3-5-7-9-13-14(11)12;1-2-4-6-5-3-1/h10-12H,3-9H2,1-2H3;1-6H. The van der Waals surface area contributed by atoms with Crippen LogP contribution in [0.25, 0.3) is 0 Å². The van der Waals surface area contributed by atoms with Gasteiger partial charge in [-0.1, -0.05) is 82.3 Å². The van der Waals surface area contributed by atoms with E-state index in [2.05, 4.69) is 18.4 Å². The molecule has 1 rings (SSSR count). The topological polar surface area (TPSA) is 49.7 Å². The summed E-state index contributed by atoms with van der Waals surface area (Å²) in [4.78, 5) is 16.9. The summed E-state index contributed by atoms with van der Waals surface area (Å²) < 4.78 is 4.66. The first-order chi connectivity index (χ1) is 9.63. The predicted octanol–water partition coefficient (Wildman–Crippen LogP) is 4.90. The second kappa shape index (κ2) is 14.9. The third kappa shape index (κ3) is 17.5. The maximum absolute atomic E-state index is 8.45. The molecular formula is C16H29O3P. The monoisotopic (exact) mass is 300 g/mol. The van der Waals surface area contributed by atoms with Gasteiger partial charge in [-0.2, -0.15) is 0 Å². The fourth-order valence-corrected chi connectivity index (χ4v) is 2.01. The molecule has 0 heterocycles. The zero-order valence-corrected chi connectivity index (χ0v) is 13.6. The van der Waals surface area contributed by atoms with E-state index in [1.165, 1.54) is 25.7 Å². The van der Waals surface area contributed by atoms with Gasteiger partial charge in [0, 0.05) is 0 Å². The van der Waals surface area contributed by atoms with Gasteiger partial charge in [-0.3, -0.25) is 0 Å². The van der Waals surface area contributed by atoms with Crippen molar-refractivity contribution in [2.75, 3.05) is 6.61 Å². The Bertz CT molecular complexity index is 238. The fourth-order valence-electron chi connectivity index (χ4n) is 1.72. The lowest BCUT2D eigenvalue weighted by molar-refractivity contribution is 0.248. The average molecular weight is 300 g/mol. The van der Waals surface area contributed by atoms with Crippen molar-refractivity contribution in [3.8, 4) is 0 Å². The van der Waals surface area contributed by atoms with Gasteiger partial charge in [0.15, 0.2) is 0 Å². The number of unbranched alkanes of at least 4 members (excludes halogenated alkanes) is 4. The zero-order chi connectivity index (χ0) is 15.1. The molecule has 2 N–H and O–H groups in total. The summed E-state index contributed by atoms with van der Waals surface area (Å²) in [5.41, 5.74) is 0. The molecule has 1 aromatic rings. The minimum atomic E-state index is -2.14. The van der Waals surface area contributed by atoms with Gasteiger partial charge in [-0.15, -0.1) is 0 Å². The molecule has 1 aromatic carbocycles. The molecule has 0 unspecified atom stereocenters. The van der Waals surface area contributed by atoms with Crippen LogP contribution >= 0.6 is 8.60 Å². The molecule has 4 heteroatoms. The van der Waals surface area contributed by atoms with E-state index < -0.39 is 8.60 Å². The van der Waals surface area contributed by atoms with Crippen LogP contribution in [0.3, 0.4) is 0 Å². The summed E-state index contributed by atoms with van der Waals surface area (Å²) in [6.45, 7) is 4.97. The highest BCUT2D eigenvalue weighted by molar-refractivity contribution is 7.39. The third-order valence-corrected chi connectivity index (χ3v) is 3.21. The highest BCUT2D eigenvalue weighted by Gasteiger charge is 1.98. The van der Waals surface area contributed by atoms with Crippen LogP contribution in [-0.4, -0.2) is 16.4 Å². The molecule has 0 bridgehead atoms. The number of benzene rings is 1. The van der Waals surface area contributed by atoms with E-state index in [1.807, 2.05) is 36.4 Å². The van der Waals surface area contributed by atoms with Gasteiger partial charge >= 0.3 is 8.60 Å². The van der Waals surface area contributed by atoms with Crippen molar-refractivity contribution >= 4 is 8.60 Å². The van der Waals surface area contributed by atoms with Crippen molar-refractivity contribution in [2.45, 2.75) is 52.4 Å². The largest absolute Gasteiger partial charge is 0.328 e. The van der Waals surface area contributed by atoms with Gasteiger partial charge in [0.1, 0.15) is 0 Å². The average Bonchev–Trinajstić information content (AvgIpc) is 2.44. The molecule has 0 saturated carbocycles. The van der Waals surface area contributed by atoms with Crippen LogP contribution in [0.5, 0.6) is 0 Å². The number of hydrogen-bond donors (Lipinski definition) is 2. The lowest BCUT2D eigenvalue weighted by Gasteiger charge is -2.05. The lowest BCUT2D eigenvalue weighted by Crippen LogP contribution is -1.90. The molecule has 20 heavy (non-hydrogen) atoms. The second-order valence-electron chi connectivity index (χ2n) is 5.19. The summed E-state index contributed by atoms with van der Waals surface area (Å²) in [7, 11) is -2.14. The SMILES string of the molecule is CC(C)CCCCCCCOP(O)O.c1ccccc1. The van der Waals surface area contributed by atoms with Crippen LogP contribution in [0, 0.1) is 5.92 Å². The Labute approximate surface area is 125 Å². The third-order valence-electron chi connectivity index (χ3n) is 2.80. The van der Waals surface area contributed by atoms with E-state index in [1.54, 1.807) is 0 Å². The molecule has 0 spiro atoms. The van der Waals surface area contributed by atoms with Crippen LogP contribution in [0.4, 0.5) is 0 Å². The molecular weight excluding hydrogens is 271 g/mol. The normalized spacial score (nSPS) is 10.5. The Morgan fingerprint density at radius 1 is 0.800 bits per heavy atom. The summed E-state index contributed by atoms with van der Waals surface area (Å²) in [5.74, 6) is 0.811. The molecule has 0 radical (unpaired) electrons. The van der Waals surface area contributed by atoms with Crippen LogP contribution in [0.15, 0.2) is 36.4 Å². The molecule has 0 aromatic heterocycles. The fraction of sp³-hybridized carbons (Fsp3) is 0.625. The highest BCUT2D eigenvalue weighted by Crippen LogP contribution is 2.24. The van der Waals surface area contributed by atoms with Gasteiger partial charge in [0.05, 0.1) is 6.61 Å². The predicted molar refractivity (Wildman–Crippen MR) is 86.3 cm³/mol. The molecule has 0 aliphatic carbocycles. The van der Waals surface area contributed by atoms with Crippen molar-refractivity contribution in [2.24, 2.45) is 5.92 Å². The summed E-state index contributed by atoms with van der Waals surface area (Å²) >= 11 is 0. The highest BCUT2D eigenvalue weighted by atomic mass is 31.2. The van der Waals surface area contributed by atoms with Crippen molar-refractivity contribution in [1.82, 2.24) is 0 Å². The molecule has 0 atom stereocenters. The lowest BCUT2D eigenvalue weighted by atomic mass is 10.0. The maximum atomic E-state index is 8.45. The van der Waals surface area contributed by atoms with E-state index in [0.29, 0.717) is 6.61 Å². The molecule has 0 fully saturated rings. The second-order valence-corrected chi connectivity index (χ2v) is 5.95. The van der Waals surface area contributed by atoms with Crippen molar-refractivity contribution in [3.05, 3.63) is 36.4 Å². The molecule has 0 aliphatic heterocycles. The van der Waals surface area contributed by atoms with E-state index in [9.17, 15) is 0 Å². The van der Waals surface area contributed by atoms with Gasteiger partial charge in [0.2, 0.25) is 0 Å². The molecule has 0 aliphatic rings. The first-order valence-electron chi connectivity index (χ1n) is 7.43. The summed E-state index contributed by atoms with van der Waals surface area (Å²) in [6, 6.07) is 12.0. The van der Waals surface area contributed by atoms with Gasteiger partial charge in [-0.25, -0.2) is 0 Å². The number of rotatable bonds is 9. The van der Waals surface area contributed by atoms with Gasteiger partial charge in [-0.05, 0) is 12.3 Å². The minimum Gasteiger partial charge on any atom is -0.328 e. The Balaban J connectivity index is 0.000000493. The van der Waals surface area contributed by atoms with E-state index in [-0.39, 0.29) is 0 Å². The molecule has 0 amide bonds. The maximum Gasteiger partial charge on any atom is 0.327 e. The van der Waals surface area contributed by atoms with E-state index in [4.69, 9.17) is 9.79 Å². The number of hydrogen-bond acceptors (Lipinski definition) is 3. The van der Waals surface area contributed by atoms with Crippen LogP contribution in [0.2, 0.25) is 0 Å². The quantitative estimate of drug-likeness (QED) is 0.504. The Hall–Kier alpha value is -0.470. The van der Waals surface area contributed by atoms with Gasteiger partial charge < -0.3 is 14.3 Å². The van der Waals surface area contributed by atoms with E-state index >= 15 is 0 Å². The van der Waals surface area contributed by atoms with Crippen LogP contribution < -0.4 is 0 Å². The zero-order valence-electron chi connectivity index (χ0n) is 12.7. The van der Waals surface area contributed by atoms with Crippen molar-refractivity contribution in [1.29, 1.82) is 0 Å². The first-order valence-corrected chi connectivity index (χ1v) is 8.60. The minimum absolute atomic E-state index is 0.475. The summed E-state index contributed by atoms with van der Waals surface area (Å²) in [6.07, 6.45) is 7.19. The first kappa shape index (κ1) is 19.5. The molecule has 116 valence electrons. The Morgan fingerprint density at radius 2 is 1.25 bits per heavy atom. The Morgan fingerprint density at radius 3 is 1.70 bits per heavy atom. The van der Waals surface area contributed by atoms with Gasteiger partial charge in [0.25, 0.3) is 0 Å². The smallest absolute Gasteiger partial charge is 0.327 e. The van der Waals surface area contributed by atoms with Crippen LogP contribution in [-0.2, 0) is 4.52 Å². The Kier molecular flexibility index (Phi) is 14.6. The van der Waals surface area contributed by atoms with Crippen molar-refractivity contribution in [3.63, 3.8) is 0 Å². The molecule has 0 saturated heterocycles. The van der Waals surface area contributed by atoms with Crippen molar-refractivity contribution < 1.29 is 14.3 Å².